The average molecular weight is 292 g/mol. The molecule has 0 saturated carbocycles. The van der Waals surface area contributed by atoms with Crippen LogP contribution in [-0.2, 0) is 4.74 Å². The maximum Gasteiger partial charge on any atom is 0.230 e. The molecule has 1 aromatic heterocycles. The molecule has 4 atom stereocenters. The number of ether oxygens (including phenoxy) is 2. The number of rotatable bonds is 5. The minimum atomic E-state index is -1.99. The van der Waals surface area contributed by atoms with Crippen LogP contribution in [0.15, 0.2) is 12.5 Å². The van der Waals surface area contributed by atoms with Gasteiger partial charge in [0.05, 0.1) is 24.7 Å². The Morgan fingerprint density at radius 2 is 2.26 bits per heavy atom. The standard InChI is InChI=1S/C10H17N2O6P/c13-7-3-6(1-2-19(15)16)17-10(9(7)14)18-8-4-11-5-12-8/h4-7,9-10,13-16H,1-3H2,(H,11,12). The van der Waals surface area contributed by atoms with Gasteiger partial charge < -0.3 is 34.5 Å². The van der Waals surface area contributed by atoms with Crippen molar-refractivity contribution in [3.8, 4) is 5.88 Å². The van der Waals surface area contributed by atoms with Crippen LogP contribution in [0.25, 0.3) is 0 Å². The Balaban J connectivity index is 1.92. The Hall–Kier alpha value is -0.760. The molecule has 4 unspecified atom stereocenters. The summed E-state index contributed by atoms with van der Waals surface area (Å²) in [5, 5.41) is 19.6. The van der Waals surface area contributed by atoms with Crippen LogP contribution < -0.4 is 4.74 Å². The third kappa shape index (κ3) is 4.10. The molecule has 1 saturated heterocycles. The lowest BCUT2D eigenvalue weighted by Gasteiger charge is -2.36. The summed E-state index contributed by atoms with van der Waals surface area (Å²) in [6, 6.07) is 0. The third-order valence-corrected chi connectivity index (χ3v) is 3.53. The van der Waals surface area contributed by atoms with Gasteiger partial charge in [-0.3, -0.25) is 0 Å². The number of nitrogens with zero attached hydrogens (tertiary/aromatic N) is 1. The van der Waals surface area contributed by atoms with Crippen LogP contribution >= 0.6 is 8.38 Å². The van der Waals surface area contributed by atoms with E-state index in [1.165, 1.54) is 12.5 Å². The lowest BCUT2D eigenvalue weighted by atomic mass is 10.0. The second kappa shape index (κ2) is 6.60. The molecule has 19 heavy (non-hydrogen) atoms. The SMILES string of the molecule is OC1CC(CCP(O)O)OC(Oc2cnc[nH]2)C1O. The first-order chi connectivity index (χ1) is 9.06. The number of imidazole rings is 1. The highest BCUT2D eigenvalue weighted by atomic mass is 31.2. The molecule has 5 N–H and O–H groups in total. The summed E-state index contributed by atoms with van der Waals surface area (Å²) in [6.07, 6.45) is 0.0988. The molecule has 2 rings (SSSR count). The fourth-order valence-electron chi connectivity index (χ4n) is 1.89. The highest BCUT2D eigenvalue weighted by Crippen LogP contribution is 2.29. The van der Waals surface area contributed by atoms with Crippen molar-refractivity contribution in [3.05, 3.63) is 12.5 Å². The summed E-state index contributed by atoms with van der Waals surface area (Å²) in [5.41, 5.74) is 0. The van der Waals surface area contributed by atoms with Gasteiger partial charge in [-0.1, -0.05) is 0 Å². The number of H-pyrrole nitrogens is 1. The van der Waals surface area contributed by atoms with E-state index in [1.807, 2.05) is 0 Å². The normalized spacial score (nSPS) is 31.6. The first-order valence-corrected chi connectivity index (χ1v) is 7.31. The molecule has 0 radical (unpaired) electrons. The van der Waals surface area contributed by atoms with Crippen LogP contribution in [0.5, 0.6) is 5.88 Å². The predicted octanol–water partition coefficient (Wildman–Crippen LogP) is -0.688. The van der Waals surface area contributed by atoms with E-state index < -0.39 is 33.0 Å². The second-order valence-electron chi connectivity index (χ2n) is 4.34. The van der Waals surface area contributed by atoms with Gasteiger partial charge >= 0.3 is 0 Å². The van der Waals surface area contributed by atoms with Gasteiger partial charge in [0.1, 0.15) is 6.10 Å². The fourth-order valence-corrected chi connectivity index (χ4v) is 2.41. The quantitative estimate of drug-likeness (QED) is 0.454. The molecule has 1 aliphatic heterocycles. The summed E-state index contributed by atoms with van der Waals surface area (Å²) in [4.78, 5) is 24.2. The summed E-state index contributed by atoms with van der Waals surface area (Å²) in [5.74, 6) is 0.323. The molecule has 0 spiro atoms. The summed E-state index contributed by atoms with van der Waals surface area (Å²) < 4.78 is 10.8. The van der Waals surface area contributed by atoms with E-state index in [9.17, 15) is 10.2 Å². The number of nitrogens with one attached hydrogen (secondary N) is 1. The number of aromatic amines is 1. The van der Waals surface area contributed by atoms with Gasteiger partial charge in [-0.25, -0.2) is 4.98 Å². The Kier molecular flexibility index (Phi) is 5.09. The van der Waals surface area contributed by atoms with Gasteiger partial charge in [0.15, 0.2) is 8.38 Å². The highest BCUT2D eigenvalue weighted by molar-refractivity contribution is 7.45. The Morgan fingerprint density at radius 3 is 2.89 bits per heavy atom. The van der Waals surface area contributed by atoms with Crippen molar-refractivity contribution >= 4 is 8.38 Å². The highest BCUT2D eigenvalue weighted by Gasteiger charge is 2.38. The Bertz CT molecular complexity index is 376. The average Bonchev–Trinajstić information content (AvgIpc) is 2.85. The van der Waals surface area contributed by atoms with Crippen LogP contribution in [0.3, 0.4) is 0 Å². The topological polar surface area (TPSA) is 128 Å². The second-order valence-corrected chi connectivity index (χ2v) is 5.53. The summed E-state index contributed by atoms with van der Waals surface area (Å²) in [6.45, 7) is 0. The Morgan fingerprint density at radius 1 is 1.47 bits per heavy atom. The third-order valence-electron chi connectivity index (χ3n) is 2.87. The molecular formula is C10H17N2O6P. The van der Waals surface area contributed by atoms with Gasteiger partial charge in [-0.2, -0.15) is 0 Å². The van der Waals surface area contributed by atoms with Crippen molar-refractivity contribution < 1.29 is 29.5 Å². The maximum atomic E-state index is 9.80. The molecule has 108 valence electrons. The minimum Gasteiger partial charge on any atom is -0.445 e. The smallest absolute Gasteiger partial charge is 0.230 e. The number of hydrogen-bond donors (Lipinski definition) is 5. The van der Waals surface area contributed by atoms with Crippen LogP contribution in [-0.4, -0.2) is 60.7 Å². The largest absolute Gasteiger partial charge is 0.445 e. The van der Waals surface area contributed by atoms with E-state index in [0.717, 1.165) is 0 Å². The van der Waals surface area contributed by atoms with E-state index in [0.29, 0.717) is 12.3 Å². The summed E-state index contributed by atoms with van der Waals surface area (Å²) in [7, 11) is -1.99. The van der Waals surface area contributed by atoms with E-state index in [1.54, 1.807) is 0 Å². The van der Waals surface area contributed by atoms with Crippen LogP contribution in [0, 0.1) is 0 Å². The zero-order chi connectivity index (χ0) is 13.8. The monoisotopic (exact) mass is 292 g/mol. The molecule has 0 amide bonds. The molecule has 9 heteroatoms. The van der Waals surface area contributed by atoms with Gasteiger partial charge in [0.2, 0.25) is 12.2 Å². The van der Waals surface area contributed by atoms with Crippen molar-refractivity contribution in [2.45, 2.75) is 37.4 Å². The van der Waals surface area contributed by atoms with Crippen LogP contribution in [0.4, 0.5) is 0 Å². The van der Waals surface area contributed by atoms with Crippen molar-refractivity contribution in [2.24, 2.45) is 0 Å². The van der Waals surface area contributed by atoms with Crippen LogP contribution in [0.2, 0.25) is 0 Å². The molecule has 0 aliphatic carbocycles. The molecule has 1 aliphatic rings. The van der Waals surface area contributed by atoms with Crippen molar-refractivity contribution in [2.75, 3.05) is 6.16 Å². The van der Waals surface area contributed by atoms with Gasteiger partial charge in [0, 0.05) is 12.6 Å². The molecule has 1 aromatic rings. The van der Waals surface area contributed by atoms with Crippen molar-refractivity contribution in [1.82, 2.24) is 9.97 Å². The zero-order valence-corrected chi connectivity index (χ0v) is 11.0. The first-order valence-electron chi connectivity index (χ1n) is 5.88. The van der Waals surface area contributed by atoms with E-state index in [4.69, 9.17) is 19.3 Å². The minimum absolute atomic E-state index is 0.194. The predicted molar refractivity (Wildman–Crippen MR) is 65.3 cm³/mol. The fraction of sp³-hybridized carbons (Fsp3) is 0.700. The molecule has 0 bridgehead atoms. The lowest BCUT2D eigenvalue weighted by Crippen LogP contribution is -2.51. The molecule has 8 nitrogen and oxygen atoms in total. The number of hydrogen-bond acceptors (Lipinski definition) is 7. The lowest BCUT2D eigenvalue weighted by molar-refractivity contribution is -0.236. The van der Waals surface area contributed by atoms with Crippen LogP contribution in [0.1, 0.15) is 12.8 Å². The van der Waals surface area contributed by atoms with Crippen molar-refractivity contribution in [3.63, 3.8) is 0 Å². The summed E-state index contributed by atoms with van der Waals surface area (Å²) >= 11 is 0. The van der Waals surface area contributed by atoms with Gasteiger partial charge in [-0.15, -0.1) is 0 Å². The molecule has 1 fully saturated rings. The van der Waals surface area contributed by atoms with Gasteiger partial charge in [-0.05, 0) is 6.42 Å². The Labute approximate surface area is 110 Å². The number of aliphatic hydroxyl groups excluding tert-OH is 2. The number of aromatic nitrogens is 2. The molecular weight excluding hydrogens is 275 g/mol. The van der Waals surface area contributed by atoms with E-state index in [2.05, 4.69) is 9.97 Å². The molecule has 0 aromatic carbocycles. The van der Waals surface area contributed by atoms with E-state index >= 15 is 0 Å². The van der Waals surface area contributed by atoms with Gasteiger partial charge in [0.25, 0.3) is 0 Å². The molecule has 2 heterocycles. The zero-order valence-electron chi connectivity index (χ0n) is 10.1. The van der Waals surface area contributed by atoms with E-state index in [-0.39, 0.29) is 12.6 Å². The maximum absolute atomic E-state index is 9.80. The first kappa shape index (κ1) is 14.6. The van der Waals surface area contributed by atoms with Crippen molar-refractivity contribution in [1.29, 1.82) is 0 Å². The number of aliphatic hydroxyl groups is 2.